The number of nitrogens with one attached hydrogen (secondary N) is 1. The summed E-state index contributed by atoms with van der Waals surface area (Å²) in [5.74, 6) is -0.227. The van der Waals surface area contributed by atoms with Crippen molar-refractivity contribution in [1.82, 2.24) is 25.0 Å². The molecule has 0 unspecified atom stereocenters. The summed E-state index contributed by atoms with van der Waals surface area (Å²) in [5.41, 5.74) is 2.89. The molecule has 2 aromatic heterocycles. The maximum atomic E-state index is 13.5. The Hall–Kier alpha value is -3.22. The average Bonchev–Trinajstić information content (AvgIpc) is 3.21. The standard InChI is InChI=1S/C21H23N5O2/c1-3-19-20(27)22-9-10-26(19)21(28)16-11-18(14-12-23-25(4-2)13-14)24-17-8-6-5-7-15(16)17/h5-8,11-13,19H,3-4,9-10H2,1-2H3,(H,22,27)/t19-/m0/s1. The van der Waals surface area contributed by atoms with Gasteiger partial charge in [-0.2, -0.15) is 5.10 Å². The number of piperazine rings is 1. The van der Waals surface area contributed by atoms with Crippen LogP contribution in [0, 0.1) is 0 Å². The molecule has 0 radical (unpaired) electrons. The van der Waals surface area contributed by atoms with Crippen LogP contribution in [0.3, 0.4) is 0 Å². The molecule has 2 amide bonds. The largest absolute Gasteiger partial charge is 0.353 e. The Morgan fingerprint density at radius 1 is 1.29 bits per heavy atom. The van der Waals surface area contributed by atoms with Gasteiger partial charge in [-0.3, -0.25) is 14.3 Å². The number of fused-ring (bicyclic) bond motifs is 1. The lowest BCUT2D eigenvalue weighted by Crippen LogP contribution is -2.56. The number of aromatic nitrogens is 3. The summed E-state index contributed by atoms with van der Waals surface area (Å²) < 4.78 is 1.83. The van der Waals surface area contributed by atoms with Gasteiger partial charge >= 0.3 is 0 Å². The van der Waals surface area contributed by atoms with Crippen molar-refractivity contribution in [2.75, 3.05) is 13.1 Å². The van der Waals surface area contributed by atoms with Crippen LogP contribution in [0.15, 0.2) is 42.7 Å². The molecule has 1 fully saturated rings. The third kappa shape index (κ3) is 3.13. The zero-order valence-corrected chi connectivity index (χ0v) is 16.1. The van der Waals surface area contributed by atoms with Crippen LogP contribution < -0.4 is 5.32 Å². The molecule has 0 spiro atoms. The average molecular weight is 377 g/mol. The molecule has 0 bridgehead atoms. The van der Waals surface area contributed by atoms with Gasteiger partial charge in [-0.1, -0.05) is 25.1 Å². The highest BCUT2D eigenvalue weighted by Gasteiger charge is 2.33. The predicted molar refractivity (Wildman–Crippen MR) is 107 cm³/mol. The summed E-state index contributed by atoms with van der Waals surface area (Å²) in [6.07, 6.45) is 4.27. The van der Waals surface area contributed by atoms with Crippen LogP contribution in [0.2, 0.25) is 0 Å². The number of pyridine rings is 1. The molecule has 3 heterocycles. The van der Waals surface area contributed by atoms with Gasteiger partial charge in [0.25, 0.3) is 5.91 Å². The van der Waals surface area contributed by atoms with E-state index in [0.717, 1.165) is 23.0 Å². The SMILES string of the molecule is CC[C@H]1C(=O)NCCN1C(=O)c1cc(-c2cnn(CC)c2)nc2ccccc12. The van der Waals surface area contributed by atoms with E-state index in [1.165, 1.54) is 0 Å². The fraction of sp³-hybridized carbons (Fsp3) is 0.333. The molecular formula is C21H23N5O2. The first-order chi connectivity index (χ1) is 13.6. The van der Waals surface area contributed by atoms with Crippen molar-refractivity contribution in [3.63, 3.8) is 0 Å². The fourth-order valence-corrected chi connectivity index (χ4v) is 3.69. The van der Waals surface area contributed by atoms with Crippen molar-refractivity contribution in [3.8, 4) is 11.3 Å². The fourth-order valence-electron chi connectivity index (χ4n) is 3.69. The van der Waals surface area contributed by atoms with Gasteiger partial charge in [-0.05, 0) is 25.5 Å². The van der Waals surface area contributed by atoms with E-state index in [9.17, 15) is 9.59 Å². The number of nitrogens with zero attached hydrogens (tertiary/aromatic N) is 4. The molecule has 1 N–H and O–H groups in total. The highest BCUT2D eigenvalue weighted by molar-refractivity contribution is 6.08. The topological polar surface area (TPSA) is 80.1 Å². The number of hydrogen-bond acceptors (Lipinski definition) is 4. The van der Waals surface area contributed by atoms with E-state index in [1.54, 1.807) is 11.1 Å². The van der Waals surface area contributed by atoms with Gasteiger partial charge in [0.1, 0.15) is 6.04 Å². The van der Waals surface area contributed by atoms with Crippen molar-refractivity contribution < 1.29 is 9.59 Å². The number of rotatable bonds is 4. The molecule has 1 aliphatic rings. The Labute approximate surface area is 163 Å². The smallest absolute Gasteiger partial charge is 0.255 e. The summed E-state index contributed by atoms with van der Waals surface area (Å²) in [6, 6.07) is 8.99. The Kier molecular flexibility index (Phi) is 4.81. The summed E-state index contributed by atoms with van der Waals surface area (Å²) in [5, 5.41) is 7.96. The number of amides is 2. The molecule has 144 valence electrons. The molecule has 0 saturated carbocycles. The second kappa shape index (κ2) is 7.42. The van der Waals surface area contributed by atoms with Crippen LogP contribution in [-0.4, -0.2) is 50.6 Å². The Morgan fingerprint density at radius 3 is 2.86 bits per heavy atom. The molecule has 1 saturated heterocycles. The van der Waals surface area contributed by atoms with Gasteiger partial charge in [0, 0.05) is 36.8 Å². The first-order valence-electron chi connectivity index (χ1n) is 9.63. The maximum Gasteiger partial charge on any atom is 0.255 e. The highest BCUT2D eigenvalue weighted by atomic mass is 16.2. The molecule has 3 aromatic rings. The first kappa shape index (κ1) is 18.2. The molecule has 1 aromatic carbocycles. The minimum absolute atomic E-state index is 0.0927. The van der Waals surface area contributed by atoms with Gasteiger partial charge in [0.2, 0.25) is 5.91 Å². The third-order valence-electron chi connectivity index (χ3n) is 5.18. The lowest BCUT2D eigenvalue weighted by Gasteiger charge is -2.34. The number of hydrogen-bond donors (Lipinski definition) is 1. The quantitative estimate of drug-likeness (QED) is 0.757. The molecule has 1 atom stereocenters. The van der Waals surface area contributed by atoms with Gasteiger partial charge in [-0.25, -0.2) is 4.98 Å². The predicted octanol–water partition coefficient (Wildman–Crippen LogP) is 2.47. The van der Waals surface area contributed by atoms with Crippen molar-refractivity contribution in [2.45, 2.75) is 32.9 Å². The van der Waals surface area contributed by atoms with Crippen LogP contribution in [0.25, 0.3) is 22.2 Å². The van der Waals surface area contributed by atoms with Gasteiger partial charge in [-0.15, -0.1) is 0 Å². The van der Waals surface area contributed by atoms with Crippen molar-refractivity contribution in [2.24, 2.45) is 0 Å². The van der Waals surface area contributed by atoms with Gasteiger partial charge < -0.3 is 10.2 Å². The minimum atomic E-state index is -0.445. The number of carbonyl (C=O) groups is 2. The molecule has 4 rings (SSSR count). The number of carbonyl (C=O) groups excluding carboxylic acids is 2. The van der Waals surface area contributed by atoms with E-state index in [1.807, 2.05) is 55.1 Å². The van der Waals surface area contributed by atoms with Crippen molar-refractivity contribution in [3.05, 3.63) is 48.3 Å². The Morgan fingerprint density at radius 2 is 2.11 bits per heavy atom. The summed E-state index contributed by atoms with van der Waals surface area (Å²) >= 11 is 0. The van der Waals surface area contributed by atoms with E-state index in [-0.39, 0.29) is 11.8 Å². The minimum Gasteiger partial charge on any atom is -0.353 e. The van der Waals surface area contributed by atoms with Gasteiger partial charge in [0.05, 0.1) is 23.0 Å². The third-order valence-corrected chi connectivity index (χ3v) is 5.18. The zero-order chi connectivity index (χ0) is 19.7. The lowest BCUT2D eigenvalue weighted by molar-refractivity contribution is -0.127. The molecule has 28 heavy (non-hydrogen) atoms. The van der Waals surface area contributed by atoms with Crippen molar-refractivity contribution >= 4 is 22.7 Å². The first-order valence-corrected chi connectivity index (χ1v) is 9.63. The number of aryl methyl sites for hydroxylation is 1. The highest BCUT2D eigenvalue weighted by Crippen LogP contribution is 2.26. The Bertz CT molecular complexity index is 1040. The second-order valence-electron chi connectivity index (χ2n) is 6.87. The normalized spacial score (nSPS) is 17.0. The molecular weight excluding hydrogens is 354 g/mol. The van der Waals surface area contributed by atoms with Crippen LogP contribution in [0.4, 0.5) is 0 Å². The van der Waals surface area contributed by atoms with Crippen LogP contribution in [0.5, 0.6) is 0 Å². The second-order valence-corrected chi connectivity index (χ2v) is 6.87. The maximum absolute atomic E-state index is 13.5. The van der Waals surface area contributed by atoms with E-state index in [2.05, 4.69) is 10.4 Å². The van der Waals surface area contributed by atoms with Crippen LogP contribution in [0.1, 0.15) is 30.6 Å². The van der Waals surface area contributed by atoms with Crippen molar-refractivity contribution in [1.29, 1.82) is 0 Å². The lowest BCUT2D eigenvalue weighted by atomic mass is 10.0. The van der Waals surface area contributed by atoms with Crippen LogP contribution in [-0.2, 0) is 11.3 Å². The Balaban J connectivity index is 1.83. The molecule has 0 aliphatic carbocycles. The van der Waals surface area contributed by atoms with E-state index >= 15 is 0 Å². The molecule has 7 heteroatoms. The summed E-state index contributed by atoms with van der Waals surface area (Å²) in [4.78, 5) is 32.1. The summed E-state index contributed by atoms with van der Waals surface area (Å²) in [6.45, 7) is 5.68. The van der Waals surface area contributed by atoms with Crippen LogP contribution >= 0.6 is 0 Å². The van der Waals surface area contributed by atoms with E-state index in [0.29, 0.717) is 30.8 Å². The van der Waals surface area contributed by atoms with E-state index in [4.69, 9.17) is 4.98 Å². The molecule has 1 aliphatic heterocycles. The number of para-hydroxylation sites is 1. The monoisotopic (exact) mass is 377 g/mol. The zero-order valence-electron chi connectivity index (χ0n) is 16.1. The van der Waals surface area contributed by atoms with E-state index < -0.39 is 6.04 Å². The number of benzene rings is 1. The van der Waals surface area contributed by atoms with Gasteiger partial charge in [0.15, 0.2) is 0 Å². The summed E-state index contributed by atoms with van der Waals surface area (Å²) in [7, 11) is 0. The molecule has 7 nitrogen and oxygen atoms in total.